The Balaban J connectivity index is 1.99. The van der Waals surface area contributed by atoms with Crippen molar-refractivity contribution >= 4 is 26.7 Å². The van der Waals surface area contributed by atoms with E-state index in [0.717, 1.165) is 6.07 Å². The highest BCUT2D eigenvalue weighted by molar-refractivity contribution is 7.91. The fourth-order valence-electron chi connectivity index (χ4n) is 3.01. The highest BCUT2D eigenvalue weighted by atomic mass is 32.2. The quantitative estimate of drug-likeness (QED) is 0.761. The summed E-state index contributed by atoms with van der Waals surface area (Å²) in [6.07, 6.45) is 0.401. The van der Waals surface area contributed by atoms with Crippen LogP contribution in [0.2, 0.25) is 0 Å². The molecule has 1 saturated heterocycles. The van der Waals surface area contributed by atoms with E-state index in [4.69, 9.17) is 9.15 Å². The summed E-state index contributed by atoms with van der Waals surface area (Å²) in [5, 5.41) is 0.487. The Bertz CT molecular complexity index is 978. The number of rotatable bonds is 4. The number of hydrogen-bond donors (Lipinski definition) is 0. The summed E-state index contributed by atoms with van der Waals surface area (Å²) in [6, 6.07) is 5.68. The zero-order chi connectivity index (χ0) is 18.2. The van der Waals surface area contributed by atoms with E-state index in [1.807, 2.05) is 6.92 Å². The van der Waals surface area contributed by atoms with E-state index in [1.54, 1.807) is 25.2 Å². The molecule has 0 saturated carbocycles. The third-order valence-electron chi connectivity index (χ3n) is 4.33. The van der Waals surface area contributed by atoms with Crippen molar-refractivity contribution in [2.45, 2.75) is 19.4 Å². The fourth-order valence-corrected chi connectivity index (χ4v) is 4.79. The highest BCUT2D eigenvalue weighted by Gasteiger charge is 2.33. The monoisotopic (exact) mass is 365 g/mol. The van der Waals surface area contributed by atoms with Gasteiger partial charge in [0.1, 0.15) is 11.3 Å². The summed E-state index contributed by atoms with van der Waals surface area (Å²) in [6.45, 7) is 2.30. The summed E-state index contributed by atoms with van der Waals surface area (Å²) in [5.74, 6) is 0.162. The molecule has 2 heterocycles. The molecule has 0 aliphatic carbocycles. The topological polar surface area (TPSA) is 93.9 Å². The molecule has 1 atom stereocenters. The Hall–Kier alpha value is -2.35. The van der Waals surface area contributed by atoms with Crippen LogP contribution >= 0.6 is 0 Å². The molecule has 0 spiro atoms. The van der Waals surface area contributed by atoms with Gasteiger partial charge in [-0.05, 0) is 25.5 Å². The molecule has 0 bridgehead atoms. The van der Waals surface area contributed by atoms with Crippen molar-refractivity contribution in [3.05, 3.63) is 40.2 Å². The molecule has 2 aromatic rings. The van der Waals surface area contributed by atoms with Crippen LogP contribution in [0.5, 0.6) is 5.75 Å². The average Bonchev–Trinajstić information content (AvgIpc) is 2.92. The van der Waals surface area contributed by atoms with Gasteiger partial charge in [-0.15, -0.1) is 0 Å². The molecule has 8 heteroatoms. The summed E-state index contributed by atoms with van der Waals surface area (Å²) in [5.41, 5.74) is -0.188. The highest BCUT2D eigenvalue weighted by Crippen LogP contribution is 2.25. The molecule has 1 fully saturated rings. The first-order valence-electron chi connectivity index (χ1n) is 7.99. The third-order valence-corrected chi connectivity index (χ3v) is 6.08. The van der Waals surface area contributed by atoms with Gasteiger partial charge < -0.3 is 14.1 Å². The van der Waals surface area contributed by atoms with Crippen LogP contribution in [0, 0.1) is 0 Å². The first-order chi connectivity index (χ1) is 11.8. The van der Waals surface area contributed by atoms with Crippen LogP contribution in [-0.2, 0) is 9.84 Å². The first kappa shape index (κ1) is 17.5. The van der Waals surface area contributed by atoms with Crippen molar-refractivity contribution in [3.8, 4) is 5.75 Å². The van der Waals surface area contributed by atoms with E-state index in [2.05, 4.69) is 0 Å². The van der Waals surface area contributed by atoms with Crippen molar-refractivity contribution in [1.82, 2.24) is 4.90 Å². The van der Waals surface area contributed by atoms with Crippen molar-refractivity contribution in [3.63, 3.8) is 0 Å². The molecule has 1 aromatic heterocycles. The normalized spacial score (nSPS) is 19.0. The van der Waals surface area contributed by atoms with Gasteiger partial charge in [-0.3, -0.25) is 4.79 Å². The van der Waals surface area contributed by atoms with Crippen molar-refractivity contribution in [2.24, 2.45) is 0 Å². The number of carbonyl (C=O) groups is 1. The Morgan fingerprint density at radius 2 is 2.12 bits per heavy atom. The average molecular weight is 365 g/mol. The minimum absolute atomic E-state index is 0.0525. The minimum Gasteiger partial charge on any atom is -0.494 e. The van der Waals surface area contributed by atoms with Crippen molar-refractivity contribution < 1.29 is 22.4 Å². The molecule has 1 amide bonds. The zero-order valence-electron chi connectivity index (χ0n) is 14.0. The standard InChI is InChI=1S/C17H19NO6S/c1-3-23-12-4-5-13-14(9-16(19)24-15(13)8-12)17(20)18(2)11-6-7-25(21,22)10-11/h4-5,8-9,11H,3,6-7,10H2,1-2H3. The van der Waals surface area contributed by atoms with Crippen molar-refractivity contribution in [1.29, 1.82) is 0 Å². The number of ether oxygens (including phenoxy) is 1. The van der Waals surface area contributed by atoms with Crippen LogP contribution in [0.15, 0.2) is 33.5 Å². The first-order valence-corrected chi connectivity index (χ1v) is 9.81. The molecule has 1 unspecified atom stereocenters. The van der Waals surface area contributed by atoms with E-state index in [0.29, 0.717) is 24.2 Å². The Morgan fingerprint density at radius 3 is 2.76 bits per heavy atom. The van der Waals surface area contributed by atoms with Crippen LogP contribution < -0.4 is 10.4 Å². The maximum Gasteiger partial charge on any atom is 0.337 e. The molecule has 0 N–H and O–H groups in total. The third kappa shape index (κ3) is 3.53. The molecular weight excluding hydrogens is 346 g/mol. The van der Waals surface area contributed by atoms with Gasteiger partial charge in [0.05, 0.1) is 23.7 Å². The number of nitrogens with zero attached hydrogens (tertiary/aromatic N) is 1. The summed E-state index contributed by atoms with van der Waals surface area (Å²) in [7, 11) is -1.55. The van der Waals surface area contributed by atoms with Crippen LogP contribution in [0.4, 0.5) is 0 Å². The number of fused-ring (bicyclic) bond motifs is 1. The van der Waals surface area contributed by atoms with Gasteiger partial charge in [-0.2, -0.15) is 0 Å². The molecule has 1 aromatic carbocycles. The molecule has 3 rings (SSSR count). The molecular formula is C17H19NO6S. The second kappa shape index (κ2) is 6.51. The van der Waals surface area contributed by atoms with Crippen LogP contribution in [0.25, 0.3) is 11.0 Å². The van der Waals surface area contributed by atoms with Gasteiger partial charge in [-0.1, -0.05) is 0 Å². The summed E-state index contributed by atoms with van der Waals surface area (Å²) < 4.78 is 33.9. The SMILES string of the molecule is CCOc1ccc2c(C(=O)N(C)C3CCS(=O)(=O)C3)cc(=O)oc2c1. The number of benzene rings is 1. The smallest absolute Gasteiger partial charge is 0.337 e. The lowest BCUT2D eigenvalue weighted by atomic mass is 10.1. The minimum atomic E-state index is -3.11. The Labute approximate surface area is 145 Å². The second-order valence-electron chi connectivity index (χ2n) is 6.04. The van der Waals surface area contributed by atoms with Gasteiger partial charge >= 0.3 is 5.63 Å². The molecule has 1 aliphatic heterocycles. The van der Waals surface area contributed by atoms with Crippen LogP contribution in [-0.4, -0.2) is 50.4 Å². The van der Waals surface area contributed by atoms with Gasteiger partial charge in [0.15, 0.2) is 9.84 Å². The number of hydrogen-bond acceptors (Lipinski definition) is 6. The van der Waals surface area contributed by atoms with Crippen molar-refractivity contribution in [2.75, 3.05) is 25.2 Å². The predicted octanol–water partition coefficient (Wildman–Crippen LogP) is 1.45. The second-order valence-corrected chi connectivity index (χ2v) is 8.27. The maximum absolute atomic E-state index is 12.8. The van der Waals surface area contributed by atoms with E-state index in [-0.39, 0.29) is 28.7 Å². The van der Waals surface area contributed by atoms with E-state index >= 15 is 0 Å². The number of amides is 1. The van der Waals surface area contributed by atoms with Gasteiger partial charge in [0, 0.05) is 30.6 Å². The van der Waals surface area contributed by atoms with E-state index in [1.165, 1.54) is 4.90 Å². The zero-order valence-corrected chi connectivity index (χ0v) is 14.8. The number of carbonyl (C=O) groups excluding carboxylic acids is 1. The lowest BCUT2D eigenvalue weighted by Crippen LogP contribution is -2.38. The summed E-state index contributed by atoms with van der Waals surface area (Å²) in [4.78, 5) is 26.1. The van der Waals surface area contributed by atoms with Gasteiger partial charge in [0.25, 0.3) is 5.91 Å². The van der Waals surface area contributed by atoms with Crippen LogP contribution in [0.1, 0.15) is 23.7 Å². The molecule has 25 heavy (non-hydrogen) atoms. The van der Waals surface area contributed by atoms with E-state index in [9.17, 15) is 18.0 Å². The Kier molecular flexibility index (Phi) is 4.55. The van der Waals surface area contributed by atoms with Crippen LogP contribution in [0.3, 0.4) is 0 Å². The molecule has 0 radical (unpaired) electrons. The molecule has 7 nitrogen and oxygen atoms in total. The predicted molar refractivity (Wildman–Crippen MR) is 92.8 cm³/mol. The lowest BCUT2D eigenvalue weighted by Gasteiger charge is -2.23. The lowest BCUT2D eigenvalue weighted by molar-refractivity contribution is 0.0749. The maximum atomic E-state index is 12.8. The Morgan fingerprint density at radius 1 is 1.36 bits per heavy atom. The van der Waals surface area contributed by atoms with Gasteiger partial charge in [-0.25, -0.2) is 13.2 Å². The molecule has 1 aliphatic rings. The number of sulfone groups is 1. The fraction of sp³-hybridized carbons (Fsp3) is 0.412. The van der Waals surface area contributed by atoms with E-state index < -0.39 is 21.4 Å². The summed E-state index contributed by atoms with van der Waals surface area (Å²) >= 11 is 0. The molecule has 134 valence electrons. The largest absolute Gasteiger partial charge is 0.494 e. The van der Waals surface area contributed by atoms with Gasteiger partial charge in [0.2, 0.25) is 0 Å².